The second-order valence-corrected chi connectivity index (χ2v) is 6.28. The summed E-state index contributed by atoms with van der Waals surface area (Å²) in [6.07, 6.45) is 4.42. The van der Waals surface area contributed by atoms with Crippen LogP contribution in [0.1, 0.15) is 27.7 Å². The lowest BCUT2D eigenvalue weighted by atomic mass is 10.2. The quantitative estimate of drug-likeness (QED) is 0.702. The van der Waals surface area contributed by atoms with Gasteiger partial charge in [0.15, 0.2) is 0 Å². The Hall–Kier alpha value is -1.10. The lowest BCUT2D eigenvalue weighted by Gasteiger charge is -2.28. The molecule has 20 heavy (non-hydrogen) atoms. The maximum atomic E-state index is 12.6. The van der Waals surface area contributed by atoms with Crippen LogP contribution in [0.25, 0.3) is 0 Å². The molecule has 0 aliphatic carbocycles. The smallest absolute Gasteiger partial charge is 0.418 e. The van der Waals surface area contributed by atoms with Crippen molar-refractivity contribution in [2.45, 2.75) is 33.4 Å². The molecule has 0 aromatic carbocycles. The molecule has 1 aliphatic rings. The highest BCUT2D eigenvalue weighted by Crippen LogP contribution is 2.55. The number of ether oxygens (including phenoxy) is 1. The van der Waals surface area contributed by atoms with Gasteiger partial charge in [0.25, 0.3) is 0 Å². The Bertz CT molecular complexity index is 436. The lowest BCUT2D eigenvalue weighted by molar-refractivity contribution is 0.130. The number of amides is 1. The molecular weight excluding hydrogens is 281 g/mol. The van der Waals surface area contributed by atoms with Crippen LogP contribution in [0.3, 0.4) is 0 Å². The Balaban J connectivity index is 2.90. The van der Waals surface area contributed by atoms with E-state index in [1.165, 1.54) is 4.90 Å². The number of carbonyl (C=O) groups excluding carboxylic acids is 1. The van der Waals surface area contributed by atoms with E-state index in [4.69, 9.17) is 13.8 Å². The third-order valence-corrected chi connectivity index (χ3v) is 4.96. The Labute approximate surface area is 119 Å². The fourth-order valence-corrected chi connectivity index (χ4v) is 3.66. The molecule has 0 aromatic rings. The maximum absolute atomic E-state index is 12.6. The van der Waals surface area contributed by atoms with Crippen LogP contribution < -0.4 is 0 Å². The summed E-state index contributed by atoms with van der Waals surface area (Å²) in [6, 6.07) is 0. The Morgan fingerprint density at radius 2 is 1.85 bits per heavy atom. The number of carbonyl (C=O) groups is 1. The summed E-state index contributed by atoms with van der Waals surface area (Å²) in [4.78, 5) is 13.1. The van der Waals surface area contributed by atoms with Crippen molar-refractivity contribution < 1.29 is 23.1 Å². The van der Waals surface area contributed by atoms with E-state index in [-0.39, 0.29) is 0 Å². The van der Waals surface area contributed by atoms with Crippen molar-refractivity contribution in [3.8, 4) is 0 Å². The van der Waals surface area contributed by atoms with Gasteiger partial charge in [0.05, 0.1) is 19.8 Å². The fourth-order valence-electron chi connectivity index (χ4n) is 1.84. The third-order valence-electron chi connectivity index (χ3n) is 2.67. The van der Waals surface area contributed by atoms with Crippen molar-refractivity contribution in [2.24, 2.45) is 0 Å². The van der Waals surface area contributed by atoms with E-state index in [0.29, 0.717) is 25.5 Å². The fraction of sp³-hybridized carbons (Fsp3) is 0.615. The Morgan fingerprint density at radius 1 is 1.25 bits per heavy atom. The molecule has 1 rings (SSSR count). The minimum Gasteiger partial charge on any atom is -0.449 e. The van der Waals surface area contributed by atoms with Crippen LogP contribution in [0, 0.1) is 0 Å². The molecule has 114 valence electrons. The van der Waals surface area contributed by atoms with E-state index in [9.17, 15) is 9.36 Å². The van der Waals surface area contributed by atoms with Crippen LogP contribution in [-0.4, -0.2) is 36.5 Å². The van der Waals surface area contributed by atoms with Gasteiger partial charge in [-0.1, -0.05) is 0 Å². The SMILES string of the molecule is CCOC(=O)N1C=CC(P(=O)(OCC)OCC)C=C1C. The molecule has 1 unspecified atom stereocenters. The van der Waals surface area contributed by atoms with Crippen LogP contribution in [0.15, 0.2) is 24.0 Å². The highest BCUT2D eigenvalue weighted by molar-refractivity contribution is 7.55. The predicted molar refractivity (Wildman–Crippen MR) is 76.4 cm³/mol. The van der Waals surface area contributed by atoms with Gasteiger partial charge in [0.1, 0.15) is 5.66 Å². The van der Waals surface area contributed by atoms with E-state index in [1.807, 2.05) is 0 Å². The zero-order valence-corrected chi connectivity index (χ0v) is 13.3. The average molecular weight is 303 g/mol. The van der Waals surface area contributed by atoms with Gasteiger partial charge in [-0.15, -0.1) is 0 Å². The van der Waals surface area contributed by atoms with Gasteiger partial charge in [0.2, 0.25) is 0 Å². The highest BCUT2D eigenvalue weighted by atomic mass is 31.2. The van der Waals surface area contributed by atoms with Crippen molar-refractivity contribution >= 4 is 13.7 Å². The minimum atomic E-state index is -3.25. The van der Waals surface area contributed by atoms with Gasteiger partial charge in [-0.05, 0) is 39.8 Å². The molecule has 0 N–H and O–H groups in total. The second-order valence-electron chi connectivity index (χ2n) is 4.08. The topological polar surface area (TPSA) is 65.1 Å². The molecule has 1 aliphatic heterocycles. The van der Waals surface area contributed by atoms with Crippen molar-refractivity contribution in [2.75, 3.05) is 19.8 Å². The number of hydrogen-bond donors (Lipinski definition) is 0. The largest absolute Gasteiger partial charge is 0.449 e. The van der Waals surface area contributed by atoms with Crippen molar-refractivity contribution in [1.29, 1.82) is 0 Å². The molecule has 1 amide bonds. The van der Waals surface area contributed by atoms with E-state index in [0.717, 1.165) is 0 Å². The highest BCUT2D eigenvalue weighted by Gasteiger charge is 2.35. The molecule has 0 saturated carbocycles. The van der Waals surface area contributed by atoms with Gasteiger partial charge >= 0.3 is 13.7 Å². The number of nitrogens with zero attached hydrogens (tertiary/aromatic N) is 1. The molecule has 0 saturated heterocycles. The first-order valence-corrected chi connectivity index (χ1v) is 8.31. The zero-order chi connectivity index (χ0) is 15.2. The molecule has 6 nitrogen and oxygen atoms in total. The molecule has 0 radical (unpaired) electrons. The molecule has 7 heteroatoms. The summed E-state index contributed by atoms with van der Waals surface area (Å²) >= 11 is 0. The first-order valence-electron chi connectivity index (χ1n) is 6.70. The van der Waals surface area contributed by atoms with Gasteiger partial charge < -0.3 is 13.8 Å². The van der Waals surface area contributed by atoms with Crippen molar-refractivity contribution in [1.82, 2.24) is 4.90 Å². The summed E-state index contributed by atoms with van der Waals surface area (Å²) in [7, 11) is -3.25. The number of hydrogen-bond acceptors (Lipinski definition) is 5. The number of rotatable bonds is 6. The van der Waals surface area contributed by atoms with Crippen LogP contribution in [-0.2, 0) is 18.3 Å². The lowest BCUT2D eigenvalue weighted by Crippen LogP contribution is -2.28. The normalized spacial score (nSPS) is 18.9. The zero-order valence-electron chi connectivity index (χ0n) is 12.4. The van der Waals surface area contributed by atoms with Crippen LogP contribution >= 0.6 is 7.60 Å². The molecule has 1 atom stereocenters. The summed E-state index contributed by atoms with van der Waals surface area (Å²) in [5.74, 6) is 0. The number of allylic oxidation sites excluding steroid dienone is 3. The van der Waals surface area contributed by atoms with Gasteiger partial charge in [-0.2, -0.15) is 0 Å². The summed E-state index contributed by atoms with van der Waals surface area (Å²) in [5, 5.41) is 0. The molecule has 1 heterocycles. The Morgan fingerprint density at radius 3 is 2.30 bits per heavy atom. The first kappa shape index (κ1) is 17.0. The standard InChI is InChI=1S/C13H22NO5P/c1-5-17-13(15)14-9-8-12(10-11(14)4)20(16,18-6-2)19-7-3/h8-10,12H,5-7H2,1-4H3. The van der Waals surface area contributed by atoms with Crippen LogP contribution in [0.5, 0.6) is 0 Å². The second kappa shape index (κ2) is 7.62. The first-order chi connectivity index (χ1) is 9.48. The van der Waals surface area contributed by atoms with Crippen molar-refractivity contribution in [3.63, 3.8) is 0 Å². The average Bonchev–Trinajstić information content (AvgIpc) is 2.39. The molecule has 0 fully saturated rings. The summed E-state index contributed by atoms with van der Waals surface area (Å²) in [5.41, 5.74) is 0.142. The Kier molecular flexibility index (Phi) is 6.46. The maximum Gasteiger partial charge on any atom is 0.418 e. The van der Waals surface area contributed by atoms with E-state index in [1.54, 1.807) is 46.0 Å². The summed E-state index contributed by atoms with van der Waals surface area (Å²) < 4.78 is 28.2. The van der Waals surface area contributed by atoms with Crippen molar-refractivity contribution in [3.05, 3.63) is 24.0 Å². The third kappa shape index (κ3) is 3.95. The summed E-state index contributed by atoms with van der Waals surface area (Å²) in [6.45, 7) is 7.92. The molecule has 0 bridgehead atoms. The molecule has 0 aromatic heterocycles. The van der Waals surface area contributed by atoms with E-state index in [2.05, 4.69) is 0 Å². The predicted octanol–water partition coefficient (Wildman–Crippen LogP) is 3.51. The monoisotopic (exact) mass is 303 g/mol. The van der Waals surface area contributed by atoms with Gasteiger partial charge in [0, 0.05) is 11.9 Å². The molecular formula is C13H22NO5P. The van der Waals surface area contributed by atoms with E-state index >= 15 is 0 Å². The van der Waals surface area contributed by atoms with Crippen LogP contribution in [0.2, 0.25) is 0 Å². The van der Waals surface area contributed by atoms with Crippen LogP contribution in [0.4, 0.5) is 4.79 Å². The minimum absolute atomic E-state index is 0.302. The van der Waals surface area contributed by atoms with E-state index < -0.39 is 19.3 Å². The van der Waals surface area contributed by atoms with Gasteiger partial charge in [-0.25, -0.2) is 4.79 Å². The molecule has 0 spiro atoms. The van der Waals surface area contributed by atoms with Gasteiger partial charge in [-0.3, -0.25) is 9.46 Å².